The molecule has 0 radical (unpaired) electrons. The van der Waals surface area contributed by atoms with Crippen LogP contribution < -0.4 is 10.6 Å². The first-order valence-electron chi connectivity index (χ1n) is 9.51. The smallest absolute Gasteiger partial charge is 0.191 e. The maximum atomic E-state index is 11.4. The predicted molar refractivity (Wildman–Crippen MR) is 122 cm³/mol. The van der Waals surface area contributed by atoms with Crippen LogP contribution in [0, 0.1) is 5.41 Å². The topological polar surface area (TPSA) is 70.6 Å². The quantitative estimate of drug-likeness (QED) is 0.488. The van der Waals surface area contributed by atoms with E-state index in [-0.39, 0.29) is 11.2 Å². The van der Waals surface area contributed by atoms with Crippen molar-refractivity contribution in [3.05, 3.63) is 70.2 Å². The summed E-state index contributed by atoms with van der Waals surface area (Å²) in [6.45, 7) is 5.77. The molecule has 2 rings (SSSR count). The highest BCUT2D eigenvalue weighted by atomic mass is 35.5. The minimum atomic E-state index is -3.02. The number of nitrogens with one attached hydrogen (secondary N) is 2. The lowest BCUT2D eigenvalue weighted by atomic mass is 9.86. The number of halogens is 1. The first-order valence-corrected chi connectivity index (χ1v) is 11.9. The maximum absolute atomic E-state index is 11.4. The molecule has 0 saturated heterocycles. The first-order chi connectivity index (χ1) is 13.6. The molecule has 0 atom stereocenters. The first kappa shape index (κ1) is 23.2. The molecule has 0 amide bonds. The van der Waals surface area contributed by atoms with E-state index in [0.29, 0.717) is 6.54 Å². The van der Waals surface area contributed by atoms with Gasteiger partial charge in [-0.05, 0) is 40.7 Å². The van der Waals surface area contributed by atoms with E-state index in [1.165, 1.54) is 11.8 Å². The number of benzene rings is 2. The van der Waals surface area contributed by atoms with Gasteiger partial charge in [-0.25, -0.2) is 8.42 Å². The Morgan fingerprint density at radius 3 is 2.28 bits per heavy atom. The number of sulfone groups is 1. The van der Waals surface area contributed by atoms with E-state index in [9.17, 15) is 8.42 Å². The van der Waals surface area contributed by atoms with Gasteiger partial charge in [-0.3, -0.25) is 4.99 Å². The normalized spacial score (nSPS) is 12.7. The van der Waals surface area contributed by atoms with Gasteiger partial charge in [0.2, 0.25) is 0 Å². The van der Waals surface area contributed by atoms with Crippen molar-refractivity contribution in [1.29, 1.82) is 0 Å². The molecule has 0 aliphatic carbocycles. The van der Waals surface area contributed by atoms with Gasteiger partial charge in [-0.15, -0.1) is 0 Å². The highest BCUT2D eigenvalue weighted by molar-refractivity contribution is 7.89. The molecule has 2 aromatic rings. The van der Waals surface area contributed by atoms with Crippen LogP contribution in [0.3, 0.4) is 0 Å². The Morgan fingerprint density at radius 2 is 1.69 bits per heavy atom. The molecule has 29 heavy (non-hydrogen) atoms. The summed E-state index contributed by atoms with van der Waals surface area (Å²) in [6.07, 6.45) is 2.14. The Morgan fingerprint density at radius 1 is 1.03 bits per heavy atom. The zero-order valence-corrected chi connectivity index (χ0v) is 19.1. The number of hydrogen-bond donors (Lipinski definition) is 2. The van der Waals surface area contributed by atoms with E-state index >= 15 is 0 Å². The highest BCUT2D eigenvalue weighted by Crippen LogP contribution is 2.22. The van der Waals surface area contributed by atoms with Crippen LogP contribution in [0.15, 0.2) is 53.5 Å². The number of rotatable bonds is 8. The minimum Gasteiger partial charge on any atom is -0.356 e. The number of hydrogen-bond acceptors (Lipinski definition) is 3. The maximum Gasteiger partial charge on any atom is 0.191 e. The van der Waals surface area contributed by atoms with Crippen molar-refractivity contribution in [3.63, 3.8) is 0 Å². The zero-order chi connectivity index (χ0) is 21.5. The molecular formula is C22H30ClN3O2S. The average molecular weight is 436 g/mol. The van der Waals surface area contributed by atoms with Crippen LogP contribution in [-0.2, 0) is 28.6 Å². The molecule has 0 heterocycles. The van der Waals surface area contributed by atoms with Gasteiger partial charge >= 0.3 is 0 Å². The monoisotopic (exact) mass is 435 g/mol. The van der Waals surface area contributed by atoms with E-state index in [0.717, 1.165) is 35.1 Å². The third-order valence-corrected chi connectivity index (χ3v) is 5.53. The van der Waals surface area contributed by atoms with Gasteiger partial charge in [0.25, 0.3) is 0 Å². The Balaban J connectivity index is 1.85. The molecule has 0 spiro atoms. The van der Waals surface area contributed by atoms with Gasteiger partial charge in [0.05, 0.1) is 5.75 Å². The standard InChI is InChI=1S/C22H30ClN3O2S/c1-22(2,13-19-6-5-7-20(23)12-19)16-26-21(24-3)25-14-17-8-10-18(11-9-17)15-29(4,27)28/h5-12H,13-16H2,1-4H3,(H2,24,25,26). The van der Waals surface area contributed by atoms with Crippen LogP contribution in [0.5, 0.6) is 0 Å². The lowest BCUT2D eigenvalue weighted by Crippen LogP contribution is -2.42. The van der Waals surface area contributed by atoms with Gasteiger partial charge in [0, 0.05) is 31.4 Å². The largest absolute Gasteiger partial charge is 0.356 e. The zero-order valence-electron chi connectivity index (χ0n) is 17.5. The third kappa shape index (κ3) is 8.88. The van der Waals surface area contributed by atoms with Crippen LogP contribution in [0.2, 0.25) is 5.02 Å². The van der Waals surface area contributed by atoms with Crippen LogP contribution >= 0.6 is 11.6 Å². The van der Waals surface area contributed by atoms with Crippen LogP contribution in [0.4, 0.5) is 0 Å². The van der Waals surface area contributed by atoms with Crippen molar-refractivity contribution >= 4 is 27.4 Å². The molecule has 5 nitrogen and oxygen atoms in total. The van der Waals surface area contributed by atoms with Crippen LogP contribution in [0.25, 0.3) is 0 Å². The predicted octanol–water partition coefficient (Wildman–Crippen LogP) is 3.82. The van der Waals surface area contributed by atoms with Crippen LogP contribution in [0.1, 0.15) is 30.5 Å². The molecule has 0 saturated carbocycles. The van der Waals surface area contributed by atoms with Crippen molar-refractivity contribution in [1.82, 2.24) is 10.6 Å². The SMILES string of the molecule is CN=C(NCc1ccc(CS(C)(=O)=O)cc1)NCC(C)(C)Cc1cccc(Cl)c1. The van der Waals surface area contributed by atoms with Crippen LogP contribution in [-0.4, -0.2) is 34.2 Å². The molecule has 0 aliphatic rings. The number of guanidine groups is 1. The lowest BCUT2D eigenvalue weighted by molar-refractivity contribution is 0.359. The summed E-state index contributed by atoms with van der Waals surface area (Å²) in [6, 6.07) is 15.5. The van der Waals surface area contributed by atoms with Gasteiger partial charge in [0.1, 0.15) is 0 Å². The van der Waals surface area contributed by atoms with Crippen molar-refractivity contribution in [2.45, 2.75) is 32.6 Å². The second kappa shape index (κ2) is 10.1. The molecule has 0 unspecified atom stereocenters. The van der Waals surface area contributed by atoms with Crippen molar-refractivity contribution in [2.75, 3.05) is 19.8 Å². The number of aliphatic imine (C=N–C) groups is 1. The summed E-state index contributed by atoms with van der Waals surface area (Å²) in [7, 11) is -1.27. The Kier molecular flexibility index (Phi) is 8.11. The molecule has 2 aromatic carbocycles. The fourth-order valence-electron chi connectivity index (χ4n) is 3.05. The van der Waals surface area contributed by atoms with Crippen molar-refractivity contribution in [2.24, 2.45) is 10.4 Å². The van der Waals surface area contributed by atoms with E-state index in [2.05, 4.69) is 35.5 Å². The molecule has 0 aromatic heterocycles. The van der Waals surface area contributed by atoms with E-state index < -0.39 is 9.84 Å². The summed E-state index contributed by atoms with van der Waals surface area (Å²) in [4.78, 5) is 4.29. The molecule has 0 aliphatic heterocycles. The lowest BCUT2D eigenvalue weighted by Gasteiger charge is -2.26. The molecule has 158 valence electrons. The van der Waals surface area contributed by atoms with Gasteiger partial charge in [-0.1, -0.05) is 61.8 Å². The minimum absolute atomic E-state index is 0.0234. The summed E-state index contributed by atoms with van der Waals surface area (Å²) in [5, 5.41) is 7.44. The fraction of sp³-hybridized carbons (Fsp3) is 0.409. The summed E-state index contributed by atoms with van der Waals surface area (Å²) in [5.41, 5.74) is 3.08. The van der Waals surface area contributed by atoms with Crippen molar-refractivity contribution in [3.8, 4) is 0 Å². The van der Waals surface area contributed by atoms with Gasteiger partial charge < -0.3 is 10.6 Å². The molecule has 7 heteroatoms. The third-order valence-electron chi connectivity index (χ3n) is 4.44. The van der Waals surface area contributed by atoms with E-state index in [1.54, 1.807) is 7.05 Å². The summed E-state index contributed by atoms with van der Waals surface area (Å²) >= 11 is 6.09. The second-order valence-corrected chi connectivity index (χ2v) is 10.7. The Hall–Kier alpha value is -2.05. The van der Waals surface area contributed by atoms with Crippen molar-refractivity contribution < 1.29 is 8.42 Å². The molecule has 0 fully saturated rings. The summed E-state index contributed by atoms with van der Waals surface area (Å²) in [5.74, 6) is 0.787. The average Bonchev–Trinajstić information content (AvgIpc) is 2.61. The van der Waals surface area contributed by atoms with Gasteiger partial charge in [-0.2, -0.15) is 0 Å². The van der Waals surface area contributed by atoms with E-state index in [1.807, 2.05) is 42.5 Å². The highest BCUT2D eigenvalue weighted by Gasteiger charge is 2.19. The Labute approximate surface area is 179 Å². The number of nitrogens with zero attached hydrogens (tertiary/aromatic N) is 1. The van der Waals surface area contributed by atoms with E-state index in [4.69, 9.17) is 11.6 Å². The molecule has 2 N–H and O–H groups in total. The summed E-state index contributed by atoms with van der Waals surface area (Å²) < 4.78 is 22.8. The fourth-order valence-corrected chi connectivity index (χ4v) is 4.06. The molecular weight excluding hydrogens is 406 g/mol. The van der Waals surface area contributed by atoms with Gasteiger partial charge in [0.15, 0.2) is 15.8 Å². The second-order valence-electron chi connectivity index (χ2n) is 8.14. The molecule has 0 bridgehead atoms. The Bertz CT molecular complexity index is 939.